The molecule has 0 aromatic heterocycles. The number of nitrogens with two attached hydrogens (primary N) is 1. The molecular weight excluding hydrogens is 321 g/mol. The zero-order chi connectivity index (χ0) is 14.9. The summed E-state index contributed by atoms with van der Waals surface area (Å²) in [5.74, 6) is 0.362. The molecule has 0 amide bonds. The summed E-state index contributed by atoms with van der Waals surface area (Å²) in [6.45, 7) is 3.88. The van der Waals surface area contributed by atoms with Crippen LogP contribution in [0.25, 0.3) is 0 Å². The van der Waals surface area contributed by atoms with Gasteiger partial charge in [0.1, 0.15) is 11.6 Å². The first-order chi connectivity index (χ1) is 9.43. The van der Waals surface area contributed by atoms with Crippen molar-refractivity contribution >= 4 is 15.9 Å². The topological polar surface area (TPSA) is 35.2 Å². The van der Waals surface area contributed by atoms with E-state index in [0.717, 1.165) is 21.2 Å². The van der Waals surface area contributed by atoms with E-state index in [2.05, 4.69) is 15.9 Å². The lowest BCUT2D eigenvalue weighted by Gasteiger charge is -2.18. The molecule has 20 heavy (non-hydrogen) atoms. The molecule has 2 nitrogen and oxygen atoms in total. The first-order valence-electron chi connectivity index (χ1n) is 6.29. The van der Waals surface area contributed by atoms with Gasteiger partial charge < -0.3 is 10.5 Å². The molecule has 0 bridgehead atoms. The smallest absolute Gasteiger partial charge is 0.128 e. The summed E-state index contributed by atoms with van der Waals surface area (Å²) in [6, 6.07) is 8.16. The Morgan fingerprint density at radius 2 is 1.85 bits per heavy atom. The van der Waals surface area contributed by atoms with E-state index in [1.165, 1.54) is 6.07 Å². The summed E-state index contributed by atoms with van der Waals surface area (Å²) in [4.78, 5) is 0. The number of halogens is 2. The highest BCUT2D eigenvalue weighted by molar-refractivity contribution is 9.10. The minimum atomic E-state index is -0.568. The number of hydrogen-bond acceptors (Lipinski definition) is 2. The van der Waals surface area contributed by atoms with Gasteiger partial charge in [-0.05, 0) is 37.6 Å². The second-order valence-corrected chi connectivity index (χ2v) is 5.70. The quantitative estimate of drug-likeness (QED) is 0.907. The van der Waals surface area contributed by atoms with Crippen LogP contribution in [0, 0.1) is 19.7 Å². The molecule has 2 N–H and O–H groups in total. The second-order valence-electron chi connectivity index (χ2n) is 4.85. The molecule has 0 fully saturated rings. The maximum absolute atomic E-state index is 14.0. The summed E-state index contributed by atoms with van der Waals surface area (Å²) in [6.07, 6.45) is 0. The summed E-state index contributed by atoms with van der Waals surface area (Å²) < 4.78 is 20.3. The van der Waals surface area contributed by atoms with Gasteiger partial charge in [0, 0.05) is 15.6 Å². The Hall–Kier alpha value is -1.39. The molecule has 0 heterocycles. The lowest BCUT2D eigenvalue weighted by atomic mass is 9.96. The third-order valence-electron chi connectivity index (χ3n) is 3.33. The van der Waals surface area contributed by atoms with Crippen molar-refractivity contribution < 1.29 is 9.13 Å². The van der Waals surface area contributed by atoms with Crippen LogP contribution in [0.2, 0.25) is 0 Å². The summed E-state index contributed by atoms with van der Waals surface area (Å²) in [5.41, 5.74) is 9.49. The van der Waals surface area contributed by atoms with Gasteiger partial charge in [0.05, 0.1) is 13.2 Å². The maximum Gasteiger partial charge on any atom is 0.128 e. The molecule has 1 unspecified atom stereocenters. The fraction of sp³-hybridized carbons (Fsp3) is 0.250. The highest BCUT2D eigenvalue weighted by atomic mass is 79.9. The van der Waals surface area contributed by atoms with Crippen molar-refractivity contribution in [3.05, 3.63) is 62.9 Å². The number of methoxy groups -OCH3 is 1. The van der Waals surface area contributed by atoms with E-state index in [1.807, 2.05) is 26.0 Å². The van der Waals surface area contributed by atoms with Crippen LogP contribution in [0.4, 0.5) is 4.39 Å². The second kappa shape index (κ2) is 5.94. The molecule has 0 aliphatic heterocycles. The number of hydrogen-bond donors (Lipinski definition) is 1. The van der Waals surface area contributed by atoms with Gasteiger partial charge in [0.2, 0.25) is 0 Å². The van der Waals surface area contributed by atoms with E-state index in [0.29, 0.717) is 11.3 Å². The standard InChI is InChI=1S/C16H17BrFNO/c1-9-4-5-14(18)11(6-9)16(19)12-8-13(17)10(2)7-15(12)20-3/h4-8,16H,19H2,1-3H3. The van der Waals surface area contributed by atoms with Crippen LogP contribution in [0.3, 0.4) is 0 Å². The Kier molecular flexibility index (Phi) is 4.45. The minimum Gasteiger partial charge on any atom is -0.496 e. The monoisotopic (exact) mass is 337 g/mol. The van der Waals surface area contributed by atoms with E-state index < -0.39 is 6.04 Å². The highest BCUT2D eigenvalue weighted by Gasteiger charge is 2.19. The van der Waals surface area contributed by atoms with Crippen LogP contribution < -0.4 is 10.5 Å². The summed E-state index contributed by atoms with van der Waals surface area (Å²) in [5, 5.41) is 0. The van der Waals surface area contributed by atoms with E-state index in [9.17, 15) is 4.39 Å². The van der Waals surface area contributed by atoms with Crippen LogP contribution >= 0.6 is 15.9 Å². The van der Waals surface area contributed by atoms with Crippen LogP contribution in [0.15, 0.2) is 34.8 Å². The molecule has 0 aliphatic rings. The Morgan fingerprint density at radius 3 is 2.50 bits per heavy atom. The van der Waals surface area contributed by atoms with Gasteiger partial charge in [-0.1, -0.05) is 33.6 Å². The van der Waals surface area contributed by atoms with Gasteiger partial charge in [0.25, 0.3) is 0 Å². The van der Waals surface area contributed by atoms with Gasteiger partial charge in [-0.15, -0.1) is 0 Å². The predicted octanol–water partition coefficient (Wildman–Crippen LogP) is 4.26. The van der Waals surface area contributed by atoms with E-state index in [1.54, 1.807) is 19.2 Å². The fourth-order valence-corrected chi connectivity index (χ4v) is 2.52. The Balaban J connectivity index is 2.55. The molecule has 0 saturated carbocycles. The van der Waals surface area contributed by atoms with E-state index >= 15 is 0 Å². The average molecular weight is 338 g/mol. The molecule has 1 atom stereocenters. The van der Waals surface area contributed by atoms with Crippen LogP contribution in [0.1, 0.15) is 28.3 Å². The third kappa shape index (κ3) is 2.86. The Morgan fingerprint density at radius 1 is 1.15 bits per heavy atom. The number of benzene rings is 2. The number of aryl methyl sites for hydroxylation is 2. The SMILES string of the molecule is COc1cc(C)c(Br)cc1C(N)c1cc(C)ccc1F. The molecular formula is C16H17BrFNO. The molecule has 2 aromatic carbocycles. The Bertz CT molecular complexity index is 643. The minimum absolute atomic E-state index is 0.304. The predicted molar refractivity (Wildman–Crippen MR) is 82.6 cm³/mol. The zero-order valence-corrected chi connectivity index (χ0v) is 13.3. The molecule has 4 heteroatoms. The molecule has 0 radical (unpaired) electrons. The Labute approximate surface area is 126 Å². The molecule has 2 rings (SSSR count). The number of rotatable bonds is 3. The van der Waals surface area contributed by atoms with Gasteiger partial charge in [0.15, 0.2) is 0 Å². The zero-order valence-electron chi connectivity index (χ0n) is 11.7. The first-order valence-corrected chi connectivity index (χ1v) is 7.09. The molecule has 0 saturated heterocycles. The van der Waals surface area contributed by atoms with Crippen molar-refractivity contribution in [3.63, 3.8) is 0 Å². The van der Waals surface area contributed by atoms with Gasteiger partial charge in [-0.2, -0.15) is 0 Å². The normalized spacial score (nSPS) is 12.3. The fourth-order valence-electron chi connectivity index (χ4n) is 2.16. The molecule has 2 aromatic rings. The lowest BCUT2D eigenvalue weighted by molar-refractivity contribution is 0.407. The first kappa shape index (κ1) is 15.0. The lowest BCUT2D eigenvalue weighted by Crippen LogP contribution is -2.15. The molecule has 106 valence electrons. The van der Waals surface area contributed by atoms with Crippen LogP contribution in [0.5, 0.6) is 5.75 Å². The van der Waals surface area contributed by atoms with Crippen molar-refractivity contribution in [2.45, 2.75) is 19.9 Å². The summed E-state index contributed by atoms with van der Waals surface area (Å²) in [7, 11) is 1.59. The largest absolute Gasteiger partial charge is 0.496 e. The van der Waals surface area contributed by atoms with Gasteiger partial charge in [-0.3, -0.25) is 0 Å². The maximum atomic E-state index is 14.0. The van der Waals surface area contributed by atoms with Gasteiger partial charge >= 0.3 is 0 Å². The highest BCUT2D eigenvalue weighted by Crippen LogP contribution is 2.34. The van der Waals surface area contributed by atoms with Crippen molar-refractivity contribution in [1.82, 2.24) is 0 Å². The van der Waals surface area contributed by atoms with Crippen LogP contribution in [-0.2, 0) is 0 Å². The molecule has 0 spiro atoms. The average Bonchev–Trinajstić information content (AvgIpc) is 2.43. The van der Waals surface area contributed by atoms with Crippen LogP contribution in [-0.4, -0.2) is 7.11 Å². The van der Waals surface area contributed by atoms with Crippen molar-refractivity contribution in [3.8, 4) is 5.75 Å². The van der Waals surface area contributed by atoms with E-state index in [-0.39, 0.29) is 5.82 Å². The number of ether oxygens (including phenoxy) is 1. The van der Waals surface area contributed by atoms with Crippen molar-refractivity contribution in [2.24, 2.45) is 5.73 Å². The van der Waals surface area contributed by atoms with Crippen molar-refractivity contribution in [1.29, 1.82) is 0 Å². The third-order valence-corrected chi connectivity index (χ3v) is 4.19. The van der Waals surface area contributed by atoms with Gasteiger partial charge in [-0.25, -0.2) is 4.39 Å². The summed E-state index contributed by atoms with van der Waals surface area (Å²) >= 11 is 3.48. The molecule has 0 aliphatic carbocycles. The van der Waals surface area contributed by atoms with E-state index in [4.69, 9.17) is 10.5 Å². The van der Waals surface area contributed by atoms with Crippen molar-refractivity contribution in [2.75, 3.05) is 7.11 Å².